The van der Waals surface area contributed by atoms with Gasteiger partial charge in [0, 0.05) is 18.2 Å². The number of benzene rings is 1. The predicted octanol–water partition coefficient (Wildman–Crippen LogP) is 3.79. The van der Waals surface area contributed by atoms with Gasteiger partial charge in [-0.2, -0.15) is 4.98 Å². The summed E-state index contributed by atoms with van der Waals surface area (Å²) in [7, 11) is 0. The van der Waals surface area contributed by atoms with Crippen LogP contribution in [-0.4, -0.2) is 48.0 Å². The molecule has 4 N–H and O–H groups in total. The smallest absolute Gasteiger partial charge is 0.224 e. The van der Waals surface area contributed by atoms with E-state index in [1.54, 1.807) is 4.57 Å². The molecule has 5 rings (SSSR count). The van der Waals surface area contributed by atoms with Gasteiger partial charge in [0.15, 0.2) is 17.3 Å². The van der Waals surface area contributed by atoms with Crippen LogP contribution in [0.25, 0.3) is 11.2 Å². The molecular weight excluding hydrogens is 437 g/mol. The van der Waals surface area contributed by atoms with Gasteiger partial charge in [-0.05, 0) is 44.9 Å². The summed E-state index contributed by atoms with van der Waals surface area (Å²) in [4.78, 5) is 13.3. The first-order chi connectivity index (χ1) is 15.9. The van der Waals surface area contributed by atoms with Crippen molar-refractivity contribution in [3.05, 3.63) is 35.8 Å². The number of nitrogens with zero attached hydrogens (tertiary/aromatic N) is 4. The van der Waals surface area contributed by atoms with E-state index in [-0.39, 0.29) is 18.1 Å². The molecule has 0 amide bonds. The number of aliphatic hydroxyl groups excluding tert-OH is 2. The zero-order chi connectivity index (χ0) is 23.1. The van der Waals surface area contributed by atoms with Crippen LogP contribution in [0.15, 0.2) is 18.3 Å². The van der Waals surface area contributed by atoms with Crippen molar-refractivity contribution in [1.29, 1.82) is 0 Å². The number of anilines is 3. The van der Waals surface area contributed by atoms with Crippen LogP contribution >= 0.6 is 0 Å². The van der Waals surface area contributed by atoms with Gasteiger partial charge in [-0.3, -0.25) is 4.57 Å². The fourth-order valence-electron chi connectivity index (χ4n) is 4.76. The van der Waals surface area contributed by atoms with Crippen molar-refractivity contribution in [2.45, 2.75) is 69.2 Å². The van der Waals surface area contributed by atoms with Crippen LogP contribution in [0.3, 0.4) is 0 Å². The maximum Gasteiger partial charge on any atom is 0.224 e. The second-order valence-corrected chi connectivity index (χ2v) is 8.79. The quantitative estimate of drug-likeness (QED) is 0.457. The lowest BCUT2D eigenvalue weighted by Gasteiger charge is -2.26. The van der Waals surface area contributed by atoms with E-state index in [1.807, 2.05) is 0 Å². The van der Waals surface area contributed by atoms with Gasteiger partial charge < -0.3 is 20.8 Å². The average Bonchev–Trinajstić information content (AvgIpc) is 3.34. The van der Waals surface area contributed by atoms with E-state index in [9.17, 15) is 23.4 Å². The largest absolute Gasteiger partial charge is 0.393 e. The number of aliphatic hydroxyl groups is 2. The van der Waals surface area contributed by atoms with Crippen molar-refractivity contribution in [2.24, 2.45) is 0 Å². The zero-order valence-corrected chi connectivity index (χ0v) is 17.8. The molecule has 33 heavy (non-hydrogen) atoms. The maximum absolute atomic E-state index is 14.3. The summed E-state index contributed by atoms with van der Waals surface area (Å²) in [6.07, 6.45) is 5.57. The molecule has 2 saturated carbocycles. The lowest BCUT2D eigenvalue weighted by atomic mass is 9.93. The minimum atomic E-state index is -1.09. The van der Waals surface area contributed by atoms with E-state index in [0.29, 0.717) is 54.9 Å². The van der Waals surface area contributed by atoms with Crippen molar-refractivity contribution >= 4 is 28.7 Å². The highest BCUT2D eigenvalue weighted by atomic mass is 19.1. The molecule has 3 aromatic rings. The molecule has 8 nitrogen and oxygen atoms in total. The standard InChI is InChI=1S/C22H25F3N6O2/c23-11-8-14(24)19(15(25)9-11)29-22-28-16-10-26-21(27-12-4-6-13(32)7-5-12)30-20(16)31(22)17-2-1-3-18(17)33/h8-10,12-13,17-18,32-33H,1-7H2,(H,28,29)(H,26,27,30)/t12-,13-,17-,18-/m0/s1. The third kappa shape index (κ3) is 4.34. The first-order valence-corrected chi connectivity index (χ1v) is 11.2. The summed E-state index contributed by atoms with van der Waals surface area (Å²) in [5, 5.41) is 26.2. The van der Waals surface area contributed by atoms with Crippen molar-refractivity contribution in [2.75, 3.05) is 10.6 Å². The van der Waals surface area contributed by atoms with Crippen LogP contribution in [0.2, 0.25) is 0 Å². The number of aromatic nitrogens is 4. The Morgan fingerprint density at radius 1 is 0.939 bits per heavy atom. The van der Waals surface area contributed by atoms with Gasteiger partial charge in [0.05, 0.1) is 24.4 Å². The molecule has 176 valence electrons. The second-order valence-electron chi connectivity index (χ2n) is 8.79. The van der Waals surface area contributed by atoms with Gasteiger partial charge in [-0.25, -0.2) is 23.1 Å². The molecule has 0 aliphatic heterocycles. The summed E-state index contributed by atoms with van der Waals surface area (Å²) in [5.74, 6) is -2.74. The average molecular weight is 462 g/mol. The van der Waals surface area contributed by atoms with Gasteiger partial charge in [0.1, 0.15) is 17.0 Å². The van der Waals surface area contributed by atoms with Crippen molar-refractivity contribution in [1.82, 2.24) is 19.5 Å². The molecule has 2 atom stereocenters. The molecule has 2 heterocycles. The van der Waals surface area contributed by atoms with Crippen LogP contribution < -0.4 is 10.6 Å². The summed E-state index contributed by atoms with van der Waals surface area (Å²) in [6, 6.07) is 0.910. The summed E-state index contributed by atoms with van der Waals surface area (Å²) >= 11 is 0. The van der Waals surface area contributed by atoms with E-state index < -0.39 is 35.3 Å². The van der Waals surface area contributed by atoms with Gasteiger partial charge in [0.2, 0.25) is 11.9 Å². The molecule has 0 radical (unpaired) electrons. The number of nitrogens with one attached hydrogen (secondary N) is 2. The topological polar surface area (TPSA) is 108 Å². The first-order valence-electron chi connectivity index (χ1n) is 11.2. The minimum Gasteiger partial charge on any atom is -0.393 e. The third-order valence-corrected chi connectivity index (χ3v) is 6.48. The Hall–Kier alpha value is -2.92. The Kier molecular flexibility index (Phi) is 5.83. The van der Waals surface area contributed by atoms with Crippen LogP contribution in [0.4, 0.5) is 30.8 Å². The highest BCUT2D eigenvalue weighted by molar-refractivity contribution is 5.77. The van der Waals surface area contributed by atoms with Crippen LogP contribution in [-0.2, 0) is 0 Å². The molecule has 2 aliphatic carbocycles. The molecule has 2 fully saturated rings. The highest BCUT2D eigenvalue weighted by Crippen LogP contribution is 2.37. The van der Waals surface area contributed by atoms with Gasteiger partial charge >= 0.3 is 0 Å². The number of rotatable bonds is 5. The fourth-order valence-corrected chi connectivity index (χ4v) is 4.76. The van der Waals surface area contributed by atoms with E-state index in [1.165, 1.54) is 6.20 Å². The minimum absolute atomic E-state index is 0.0904. The van der Waals surface area contributed by atoms with E-state index in [2.05, 4.69) is 25.6 Å². The third-order valence-electron chi connectivity index (χ3n) is 6.48. The van der Waals surface area contributed by atoms with Gasteiger partial charge in [-0.15, -0.1) is 0 Å². The van der Waals surface area contributed by atoms with Crippen molar-refractivity contribution < 1.29 is 23.4 Å². The van der Waals surface area contributed by atoms with E-state index in [0.717, 1.165) is 19.3 Å². The Bertz CT molecular complexity index is 1140. The van der Waals surface area contributed by atoms with E-state index >= 15 is 0 Å². The Balaban J connectivity index is 1.53. The lowest BCUT2D eigenvalue weighted by Crippen LogP contribution is -2.29. The number of halogens is 3. The van der Waals surface area contributed by atoms with Crippen LogP contribution in [0, 0.1) is 17.5 Å². The molecule has 2 aromatic heterocycles. The van der Waals surface area contributed by atoms with Gasteiger partial charge in [0.25, 0.3) is 0 Å². The first kappa shape index (κ1) is 21.9. The summed E-state index contributed by atoms with van der Waals surface area (Å²) in [6.45, 7) is 0. The molecule has 0 bridgehead atoms. The fraction of sp³-hybridized carbons (Fsp3) is 0.500. The maximum atomic E-state index is 14.3. The Morgan fingerprint density at radius 2 is 1.67 bits per heavy atom. The highest BCUT2D eigenvalue weighted by Gasteiger charge is 2.32. The SMILES string of the molecule is O[C@H]1CCC[C@@H]1n1c(Nc2c(F)cc(F)cc2F)nc2cnc(N[C@H]3CC[C@H](O)CC3)nc21. The molecular formula is C22H25F3N6O2. The molecule has 0 saturated heterocycles. The number of hydrogen-bond donors (Lipinski definition) is 4. The molecule has 2 aliphatic rings. The van der Waals surface area contributed by atoms with Crippen LogP contribution in [0.1, 0.15) is 51.0 Å². The van der Waals surface area contributed by atoms with Gasteiger partial charge in [-0.1, -0.05) is 0 Å². The molecule has 0 unspecified atom stereocenters. The van der Waals surface area contributed by atoms with Crippen molar-refractivity contribution in [3.8, 4) is 0 Å². The summed E-state index contributed by atoms with van der Waals surface area (Å²) < 4.78 is 43.6. The predicted molar refractivity (Wildman–Crippen MR) is 116 cm³/mol. The molecule has 0 spiro atoms. The van der Waals surface area contributed by atoms with Crippen LogP contribution in [0.5, 0.6) is 0 Å². The number of fused-ring (bicyclic) bond motifs is 1. The summed E-state index contributed by atoms with van der Waals surface area (Å²) in [5.41, 5.74) is 0.274. The number of imidazole rings is 1. The normalized spacial score (nSPS) is 25.5. The molecule has 11 heteroatoms. The van der Waals surface area contributed by atoms with E-state index in [4.69, 9.17) is 0 Å². The molecule has 1 aromatic carbocycles. The zero-order valence-electron chi connectivity index (χ0n) is 17.8. The Morgan fingerprint density at radius 3 is 2.33 bits per heavy atom. The number of hydrogen-bond acceptors (Lipinski definition) is 7. The van der Waals surface area contributed by atoms with Crippen molar-refractivity contribution in [3.63, 3.8) is 0 Å². The second kappa shape index (κ2) is 8.79. The Labute approximate surface area is 187 Å². The lowest BCUT2D eigenvalue weighted by molar-refractivity contribution is 0.126. The monoisotopic (exact) mass is 462 g/mol.